The van der Waals surface area contributed by atoms with E-state index in [-0.39, 0.29) is 0 Å². The van der Waals surface area contributed by atoms with Crippen molar-refractivity contribution in [2.24, 2.45) is 0 Å². The van der Waals surface area contributed by atoms with Crippen LogP contribution >= 0.6 is 0 Å². The molecule has 2 heteroatoms. The molecule has 7 aromatic rings. The van der Waals surface area contributed by atoms with Gasteiger partial charge in [-0.3, -0.25) is 0 Å². The molecule has 0 fully saturated rings. The first-order chi connectivity index (χ1) is 18.3. The van der Waals surface area contributed by atoms with E-state index in [1.165, 1.54) is 55.1 Å². The normalized spacial score (nSPS) is 11.4. The van der Waals surface area contributed by atoms with Crippen LogP contribution in [0.25, 0.3) is 49.4 Å². The number of rotatable bonds is 4. The molecule has 2 nitrogen and oxygen atoms in total. The topological polar surface area (TPSA) is 8.17 Å². The van der Waals surface area contributed by atoms with Crippen molar-refractivity contribution in [1.82, 2.24) is 4.57 Å². The molecular formula is C35H26N2. The molecular weight excluding hydrogens is 448 g/mol. The van der Waals surface area contributed by atoms with Gasteiger partial charge in [-0.05, 0) is 59.0 Å². The predicted octanol–water partition coefficient (Wildman–Crippen LogP) is 9.37. The molecule has 0 atom stereocenters. The molecule has 0 spiro atoms. The Balaban J connectivity index is 1.39. The molecule has 0 aliphatic carbocycles. The van der Waals surface area contributed by atoms with Gasteiger partial charge in [0.15, 0.2) is 0 Å². The Bertz CT molecular complexity index is 1860. The highest BCUT2D eigenvalue weighted by molar-refractivity contribution is 6.19. The standard InChI is InChI=1S/C35H26N2/c1-36(28-19-16-26(17-20-28)25-10-4-2-5-11-25)30-21-23-34-33(24-30)32-22-18-27-12-8-9-15-31(27)35(32)37(34)29-13-6-3-7-14-29/h2-24H,1H3. The summed E-state index contributed by atoms with van der Waals surface area (Å²) >= 11 is 0. The Morgan fingerprint density at radius 2 is 1.14 bits per heavy atom. The molecule has 0 bridgehead atoms. The van der Waals surface area contributed by atoms with Crippen LogP contribution in [0.5, 0.6) is 0 Å². The van der Waals surface area contributed by atoms with Crippen LogP contribution in [0.1, 0.15) is 0 Å². The molecule has 0 amide bonds. The van der Waals surface area contributed by atoms with E-state index in [9.17, 15) is 0 Å². The molecule has 37 heavy (non-hydrogen) atoms. The Morgan fingerprint density at radius 1 is 0.486 bits per heavy atom. The molecule has 0 saturated carbocycles. The SMILES string of the molecule is CN(c1ccc(-c2ccccc2)cc1)c1ccc2c(c1)c1ccc3ccccc3c1n2-c1ccccc1. The fraction of sp³-hybridized carbons (Fsp3) is 0.0286. The lowest BCUT2D eigenvalue weighted by Crippen LogP contribution is -2.09. The lowest BCUT2D eigenvalue weighted by Gasteiger charge is -2.20. The molecule has 1 aromatic heterocycles. The van der Waals surface area contributed by atoms with Crippen LogP contribution in [-0.2, 0) is 0 Å². The molecule has 0 unspecified atom stereocenters. The summed E-state index contributed by atoms with van der Waals surface area (Å²) < 4.78 is 2.41. The average molecular weight is 475 g/mol. The number of hydrogen-bond acceptors (Lipinski definition) is 1. The van der Waals surface area contributed by atoms with Gasteiger partial charge in [0.05, 0.1) is 11.0 Å². The van der Waals surface area contributed by atoms with Crippen LogP contribution in [0.3, 0.4) is 0 Å². The van der Waals surface area contributed by atoms with Crippen molar-refractivity contribution in [3.05, 3.63) is 140 Å². The van der Waals surface area contributed by atoms with Crippen LogP contribution in [0.15, 0.2) is 140 Å². The molecule has 0 saturated heterocycles. The molecule has 1 heterocycles. The van der Waals surface area contributed by atoms with Gasteiger partial charge in [-0.15, -0.1) is 0 Å². The van der Waals surface area contributed by atoms with Gasteiger partial charge in [0, 0.05) is 40.3 Å². The molecule has 176 valence electrons. The predicted molar refractivity (Wildman–Crippen MR) is 158 cm³/mol. The molecule has 6 aromatic carbocycles. The van der Waals surface area contributed by atoms with Crippen molar-refractivity contribution in [2.45, 2.75) is 0 Å². The molecule has 0 aliphatic heterocycles. The lowest BCUT2D eigenvalue weighted by molar-refractivity contribution is 1.18. The van der Waals surface area contributed by atoms with Crippen molar-refractivity contribution in [1.29, 1.82) is 0 Å². The first-order valence-corrected chi connectivity index (χ1v) is 12.7. The number of benzene rings is 6. The average Bonchev–Trinajstić information content (AvgIpc) is 3.32. The van der Waals surface area contributed by atoms with Gasteiger partial charge in [-0.2, -0.15) is 0 Å². The van der Waals surface area contributed by atoms with Crippen LogP contribution < -0.4 is 4.90 Å². The van der Waals surface area contributed by atoms with E-state index in [2.05, 4.69) is 156 Å². The number of nitrogens with zero attached hydrogens (tertiary/aromatic N) is 2. The van der Waals surface area contributed by atoms with Gasteiger partial charge >= 0.3 is 0 Å². The Kier molecular flexibility index (Phi) is 5.04. The second-order valence-corrected chi connectivity index (χ2v) is 9.53. The minimum atomic E-state index is 1.16. The molecule has 0 N–H and O–H groups in total. The van der Waals surface area contributed by atoms with E-state index in [1.54, 1.807) is 0 Å². The summed E-state index contributed by atoms with van der Waals surface area (Å²) in [5.41, 5.74) is 8.44. The van der Waals surface area contributed by atoms with Gasteiger partial charge in [0.1, 0.15) is 0 Å². The highest BCUT2D eigenvalue weighted by atomic mass is 15.1. The summed E-state index contributed by atoms with van der Waals surface area (Å²) in [7, 11) is 2.14. The zero-order chi connectivity index (χ0) is 24.8. The zero-order valence-electron chi connectivity index (χ0n) is 20.7. The van der Waals surface area contributed by atoms with Crippen molar-refractivity contribution in [2.75, 3.05) is 11.9 Å². The fourth-order valence-corrected chi connectivity index (χ4v) is 5.48. The Morgan fingerprint density at radius 3 is 1.92 bits per heavy atom. The summed E-state index contributed by atoms with van der Waals surface area (Å²) in [5.74, 6) is 0. The highest BCUT2D eigenvalue weighted by Gasteiger charge is 2.16. The Hall–Kier alpha value is -4.82. The third-order valence-electron chi connectivity index (χ3n) is 7.40. The quantitative estimate of drug-likeness (QED) is 0.247. The number of fused-ring (bicyclic) bond motifs is 5. The third-order valence-corrected chi connectivity index (χ3v) is 7.40. The van der Waals surface area contributed by atoms with Crippen molar-refractivity contribution in [3.8, 4) is 16.8 Å². The van der Waals surface area contributed by atoms with E-state index in [0.717, 1.165) is 5.69 Å². The molecule has 7 rings (SSSR count). The Labute approximate surface area is 216 Å². The summed E-state index contributed by atoms with van der Waals surface area (Å²) in [6.07, 6.45) is 0. The van der Waals surface area contributed by atoms with E-state index >= 15 is 0 Å². The van der Waals surface area contributed by atoms with Crippen molar-refractivity contribution in [3.63, 3.8) is 0 Å². The van der Waals surface area contributed by atoms with Crippen LogP contribution in [0.4, 0.5) is 11.4 Å². The lowest BCUT2D eigenvalue weighted by atomic mass is 10.0. The highest BCUT2D eigenvalue weighted by Crippen LogP contribution is 2.39. The first-order valence-electron chi connectivity index (χ1n) is 12.7. The van der Waals surface area contributed by atoms with E-state index in [1.807, 2.05) is 0 Å². The van der Waals surface area contributed by atoms with Gasteiger partial charge < -0.3 is 9.47 Å². The summed E-state index contributed by atoms with van der Waals surface area (Å²) in [6.45, 7) is 0. The first kappa shape index (κ1) is 21.5. The largest absolute Gasteiger partial charge is 0.345 e. The van der Waals surface area contributed by atoms with Gasteiger partial charge in [-0.1, -0.05) is 97.1 Å². The minimum absolute atomic E-state index is 1.16. The van der Waals surface area contributed by atoms with Crippen LogP contribution in [0.2, 0.25) is 0 Å². The number of hydrogen-bond donors (Lipinski definition) is 0. The maximum atomic E-state index is 2.41. The van der Waals surface area contributed by atoms with E-state index in [0.29, 0.717) is 0 Å². The third kappa shape index (κ3) is 3.57. The van der Waals surface area contributed by atoms with Gasteiger partial charge in [0.25, 0.3) is 0 Å². The number of anilines is 2. The minimum Gasteiger partial charge on any atom is -0.345 e. The maximum absolute atomic E-state index is 2.41. The van der Waals surface area contributed by atoms with Crippen LogP contribution in [-0.4, -0.2) is 11.6 Å². The fourth-order valence-electron chi connectivity index (χ4n) is 5.48. The summed E-state index contributed by atoms with van der Waals surface area (Å²) in [6, 6.07) is 50.0. The number of aromatic nitrogens is 1. The maximum Gasteiger partial charge on any atom is 0.0619 e. The number of para-hydroxylation sites is 1. The van der Waals surface area contributed by atoms with Gasteiger partial charge in [-0.25, -0.2) is 0 Å². The second kappa shape index (κ2) is 8.69. The van der Waals surface area contributed by atoms with E-state index in [4.69, 9.17) is 0 Å². The van der Waals surface area contributed by atoms with Crippen molar-refractivity contribution >= 4 is 44.0 Å². The van der Waals surface area contributed by atoms with E-state index < -0.39 is 0 Å². The molecule has 0 radical (unpaired) electrons. The monoisotopic (exact) mass is 474 g/mol. The van der Waals surface area contributed by atoms with Gasteiger partial charge in [0.2, 0.25) is 0 Å². The second-order valence-electron chi connectivity index (χ2n) is 9.53. The molecule has 0 aliphatic rings. The van der Waals surface area contributed by atoms with Crippen molar-refractivity contribution < 1.29 is 0 Å². The summed E-state index contributed by atoms with van der Waals surface area (Å²) in [4.78, 5) is 2.26. The zero-order valence-corrected chi connectivity index (χ0v) is 20.7. The van der Waals surface area contributed by atoms with Crippen LogP contribution in [0, 0.1) is 0 Å². The smallest absolute Gasteiger partial charge is 0.0619 e. The summed E-state index contributed by atoms with van der Waals surface area (Å²) in [5, 5.41) is 5.05.